The van der Waals surface area contributed by atoms with Crippen LogP contribution in [-0.2, 0) is 38.9 Å². The van der Waals surface area contributed by atoms with Gasteiger partial charge in [-0.3, -0.25) is 4.79 Å². The molecule has 2 aromatic carbocycles. The van der Waals surface area contributed by atoms with Gasteiger partial charge in [0, 0.05) is 30.8 Å². The molecular weight excluding hydrogens is 502 g/mol. The van der Waals surface area contributed by atoms with Gasteiger partial charge in [0.1, 0.15) is 11.6 Å². The zero-order chi connectivity index (χ0) is 26.9. The summed E-state index contributed by atoms with van der Waals surface area (Å²) in [5, 5.41) is 0. The van der Waals surface area contributed by atoms with E-state index in [2.05, 4.69) is 16.7 Å². The first-order chi connectivity index (χ1) is 18.2. The summed E-state index contributed by atoms with van der Waals surface area (Å²) < 4.78 is 31.3. The molecule has 2 heterocycles. The van der Waals surface area contributed by atoms with Crippen molar-refractivity contribution in [1.82, 2.24) is 14.5 Å². The first kappa shape index (κ1) is 26.4. The van der Waals surface area contributed by atoms with Crippen LogP contribution in [0.2, 0.25) is 0 Å². The van der Waals surface area contributed by atoms with Crippen molar-refractivity contribution < 1.29 is 22.7 Å². The molecule has 0 bridgehead atoms. The number of hydrogen-bond acceptors (Lipinski definition) is 6. The molecule has 0 N–H and O–H groups in total. The average Bonchev–Trinajstić information content (AvgIpc) is 3.29. The lowest BCUT2D eigenvalue weighted by Crippen LogP contribution is -2.35. The summed E-state index contributed by atoms with van der Waals surface area (Å²) in [5.41, 5.74) is 4.77. The van der Waals surface area contributed by atoms with Gasteiger partial charge in [-0.2, -0.15) is 0 Å². The molecule has 1 atom stereocenters. The number of benzene rings is 2. The van der Waals surface area contributed by atoms with Crippen molar-refractivity contribution >= 4 is 32.7 Å². The molecule has 1 saturated carbocycles. The van der Waals surface area contributed by atoms with Gasteiger partial charge in [0.25, 0.3) is 0 Å². The molecule has 8 nitrogen and oxygen atoms in total. The maximum absolute atomic E-state index is 13.4. The fourth-order valence-corrected chi connectivity index (χ4v) is 6.73. The normalized spacial score (nSPS) is 17.3. The van der Waals surface area contributed by atoms with Gasteiger partial charge in [-0.25, -0.2) is 18.2 Å². The Hall–Kier alpha value is -3.20. The minimum atomic E-state index is -3.48. The van der Waals surface area contributed by atoms with Gasteiger partial charge in [0.05, 0.1) is 30.6 Å². The fraction of sp³-hybridized carbons (Fsp3) is 0.483. The average molecular weight is 538 g/mol. The number of sulfone groups is 1. The molecule has 38 heavy (non-hydrogen) atoms. The van der Waals surface area contributed by atoms with Crippen molar-refractivity contribution in [2.75, 3.05) is 25.7 Å². The number of nitrogens with zero attached hydrogens (tertiary/aromatic N) is 3. The summed E-state index contributed by atoms with van der Waals surface area (Å²) in [6.45, 7) is 1.34. The largest absolute Gasteiger partial charge is 0.453 e. The number of imidazole rings is 1. The molecule has 1 aromatic heterocycles. The molecule has 1 aliphatic carbocycles. The van der Waals surface area contributed by atoms with E-state index in [-0.39, 0.29) is 17.8 Å². The summed E-state index contributed by atoms with van der Waals surface area (Å²) in [4.78, 5) is 32.6. The molecule has 1 fully saturated rings. The topological polar surface area (TPSA) is 98.6 Å². The Kier molecular flexibility index (Phi) is 7.56. The van der Waals surface area contributed by atoms with Crippen LogP contribution in [0, 0.1) is 0 Å². The number of carbonyl (C=O) groups is 2. The molecule has 0 radical (unpaired) electrons. The van der Waals surface area contributed by atoms with Gasteiger partial charge in [-0.05, 0) is 36.5 Å². The Morgan fingerprint density at radius 1 is 1.08 bits per heavy atom. The molecule has 0 spiro atoms. The SMILES string of the molecule is COC(=O)N1CCc2ccc3c(nc(C4CCCCC4)n3C[C@H](C(=O)CS(C)(=O)=O)c3ccccc3)c2C1. The maximum Gasteiger partial charge on any atom is 0.409 e. The van der Waals surface area contributed by atoms with Crippen molar-refractivity contribution in [3.05, 3.63) is 65.0 Å². The van der Waals surface area contributed by atoms with Crippen LogP contribution in [0.5, 0.6) is 0 Å². The third-order valence-electron chi connectivity index (χ3n) is 7.92. The van der Waals surface area contributed by atoms with E-state index in [4.69, 9.17) is 9.72 Å². The highest BCUT2D eigenvalue weighted by atomic mass is 32.2. The lowest BCUT2D eigenvalue weighted by molar-refractivity contribution is -0.118. The number of ketones is 1. The molecular formula is C29H35N3O5S. The van der Waals surface area contributed by atoms with E-state index in [0.717, 1.165) is 66.3 Å². The predicted octanol–water partition coefficient (Wildman–Crippen LogP) is 4.61. The number of carbonyl (C=O) groups excluding carboxylic acids is 2. The third kappa shape index (κ3) is 5.48. The van der Waals surface area contributed by atoms with Crippen molar-refractivity contribution in [1.29, 1.82) is 0 Å². The Morgan fingerprint density at radius 3 is 2.50 bits per heavy atom. The number of amides is 1. The smallest absolute Gasteiger partial charge is 0.409 e. The second kappa shape index (κ2) is 10.9. The van der Waals surface area contributed by atoms with Crippen LogP contribution >= 0.6 is 0 Å². The maximum atomic E-state index is 13.4. The highest BCUT2D eigenvalue weighted by Crippen LogP contribution is 2.37. The van der Waals surface area contributed by atoms with Crippen LogP contribution in [0.1, 0.15) is 66.5 Å². The molecule has 0 unspecified atom stereocenters. The van der Waals surface area contributed by atoms with Crippen LogP contribution in [0.25, 0.3) is 11.0 Å². The molecule has 9 heteroatoms. The molecule has 1 aliphatic heterocycles. The van der Waals surface area contributed by atoms with E-state index < -0.39 is 21.5 Å². The zero-order valence-corrected chi connectivity index (χ0v) is 22.9. The minimum absolute atomic E-state index is 0.272. The summed E-state index contributed by atoms with van der Waals surface area (Å²) in [7, 11) is -2.09. The lowest BCUT2D eigenvalue weighted by Gasteiger charge is -2.27. The van der Waals surface area contributed by atoms with Gasteiger partial charge in [-0.15, -0.1) is 0 Å². The summed E-state index contributed by atoms with van der Waals surface area (Å²) >= 11 is 0. The highest BCUT2D eigenvalue weighted by molar-refractivity contribution is 7.91. The van der Waals surface area contributed by atoms with E-state index >= 15 is 0 Å². The second-order valence-electron chi connectivity index (χ2n) is 10.6. The molecule has 5 rings (SSSR count). The van der Waals surface area contributed by atoms with Crippen molar-refractivity contribution in [3.63, 3.8) is 0 Å². The molecule has 202 valence electrons. The van der Waals surface area contributed by atoms with Crippen LogP contribution in [0.3, 0.4) is 0 Å². The molecule has 2 aliphatic rings. The minimum Gasteiger partial charge on any atom is -0.453 e. The zero-order valence-electron chi connectivity index (χ0n) is 22.1. The number of aromatic nitrogens is 2. The summed E-state index contributed by atoms with van der Waals surface area (Å²) in [6.07, 6.45) is 7.03. The number of rotatable bonds is 7. The van der Waals surface area contributed by atoms with Gasteiger partial charge in [0.15, 0.2) is 15.6 Å². The van der Waals surface area contributed by atoms with E-state index in [1.807, 2.05) is 30.3 Å². The van der Waals surface area contributed by atoms with Gasteiger partial charge < -0.3 is 14.2 Å². The van der Waals surface area contributed by atoms with Crippen molar-refractivity contribution in [3.8, 4) is 0 Å². The van der Waals surface area contributed by atoms with Gasteiger partial charge in [0.2, 0.25) is 0 Å². The van der Waals surface area contributed by atoms with Crippen LogP contribution < -0.4 is 0 Å². The van der Waals surface area contributed by atoms with Crippen LogP contribution in [-0.4, -0.2) is 60.4 Å². The number of methoxy groups -OCH3 is 1. The van der Waals surface area contributed by atoms with E-state index in [0.29, 0.717) is 19.6 Å². The van der Waals surface area contributed by atoms with Gasteiger partial charge >= 0.3 is 6.09 Å². The van der Waals surface area contributed by atoms with E-state index in [9.17, 15) is 18.0 Å². The van der Waals surface area contributed by atoms with Crippen LogP contribution in [0.4, 0.5) is 4.79 Å². The van der Waals surface area contributed by atoms with Crippen molar-refractivity contribution in [2.45, 2.75) is 63.5 Å². The van der Waals surface area contributed by atoms with E-state index in [1.54, 1.807) is 4.90 Å². The third-order valence-corrected chi connectivity index (χ3v) is 8.72. The summed E-state index contributed by atoms with van der Waals surface area (Å²) in [5.74, 6) is -0.204. The molecule has 3 aromatic rings. The molecule has 1 amide bonds. The first-order valence-electron chi connectivity index (χ1n) is 13.3. The first-order valence-corrected chi connectivity index (χ1v) is 15.4. The number of fused-ring (bicyclic) bond motifs is 3. The van der Waals surface area contributed by atoms with Gasteiger partial charge in [-0.1, -0.05) is 55.7 Å². The Labute approximate surface area is 223 Å². The number of ether oxygens (including phenoxy) is 1. The standard InChI is InChI=1S/C29H35N3O5S/c1-37-29(34)31-16-15-21-13-14-25-27(24(21)17-31)30-28(22-11-7-4-8-12-22)32(25)18-23(20-9-5-3-6-10-20)26(33)19-38(2,35)36/h3,5-6,9-10,13-14,22-23H,4,7-8,11-12,15-19H2,1-2H3/t23-/m0/s1. The van der Waals surface area contributed by atoms with Crippen LogP contribution in [0.15, 0.2) is 42.5 Å². The monoisotopic (exact) mass is 537 g/mol. The molecule has 0 saturated heterocycles. The van der Waals surface area contributed by atoms with E-state index in [1.165, 1.54) is 19.1 Å². The fourth-order valence-electron chi connectivity index (χ4n) is 6.01. The number of hydrogen-bond donors (Lipinski definition) is 0. The predicted molar refractivity (Wildman–Crippen MR) is 146 cm³/mol. The highest BCUT2D eigenvalue weighted by Gasteiger charge is 2.31. The van der Waals surface area contributed by atoms with Crippen molar-refractivity contribution in [2.24, 2.45) is 0 Å². The Morgan fingerprint density at radius 2 is 1.82 bits per heavy atom. The second-order valence-corrected chi connectivity index (χ2v) is 12.8. The summed E-state index contributed by atoms with van der Waals surface area (Å²) in [6, 6.07) is 13.6. The Balaban J connectivity index is 1.63. The number of Topliss-reactive ketones (excluding diaryl/α,β-unsaturated/α-hetero) is 1. The quantitative estimate of drug-likeness (QED) is 0.437. The lowest BCUT2D eigenvalue weighted by atomic mass is 9.88. The Bertz CT molecular complexity index is 1440.